The molecule has 0 unspecified atom stereocenters. The molecule has 0 saturated heterocycles. The van der Waals surface area contributed by atoms with Crippen LogP contribution in [0.1, 0.15) is 12.3 Å². The molecule has 0 saturated carbocycles. The van der Waals surface area contributed by atoms with Crippen molar-refractivity contribution in [2.45, 2.75) is 17.7 Å². The van der Waals surface area contributed by atoms with E-state index in [0.29, 0.717) is 23.6 Å². The maximum Gasteiger partial charge on any atom is 0.224 e. The molecule has 6 nitrogen and oxygen atoms in total. The number of carbonyl (C=O) groups is 1. The number of benzene rings is 2. The monoisotopic (exact) mass is 344 g/mol. The van der Waals surface area contributed by atoms with Crippen molar-refractivity contribution in [2.75, 3.05) is 11.6 Å². The van der Waals surface area contributed by atoms with Gasteiger partial charge in [-0.15, -0.1) is 0 Å². The van der Waals surface area contributed by atoms with Crippen LogP contribution in [0.2, 0.25) is 0 Å². The van der Waals surface area contributed by atoms with Crippen LogP contribution >= 0.6 is 0 Å². The van der Waals surface area contributed by atoms with Gasteiger partial charge in [-0.25, -0.2) is 13.4 Å². The number of aromatic nitrogens is 1. The number of rotatable bonds is 5. The molecule has 0 aliphatic carbocycles. The highest BCUT2D eigenvalue weighted by Crippen LogP contribution is 2.17. The van der Waals surface area contributed by atoms with Crippen LogP contribution < -0.4 is 5.32 Å². The summed E-state index contributed by atoms with van der Waals surface area (Å²) in [6.45, 7) is 0. The fraction of sp³-hybridized carbons (Fsp3) is 0.176. The molecule has 7 heteroatoms. The Kier molecular flexibility index (Phi) is 4.35. The Morgan fingerprint density at radius 1 is 1.17 bits per heavy atom. The van der Waals surface area contributed by atoms with E-state index in [0.717, 1.165) is 11.8 Å². The van der Waals surface area contributed by atoms with Crippen molar-refractivity contribution in [3.05, 3.63) is 54.4 Å². The highest BCUT2D eigenvalue weighted by atomic mass is 32.2. The minimum absolute atomic E-state index is 0.166. The van der Waals surface area contributed by atoms with E-state index >= 15 is 0 Å². The van der Waals surface area contributed by atoms with E-state index in [1.165, 1.54) is 12.1 Å². The summed E-state index contributed by atoms with van der Waals surface area (Å²) >= 11 is 0. The SMILES string of the molecule is CS(=O)(=O)c1cccc(NC(=O)CCc2nc3ccccc3o2)c1. The minimum Gasteiger partial charge on any atom is -0.441 e. The minimum atomic E-state index is -3.31. The summed E-state index contributed by atoms with van der Waals surface area (Å²) in [4.78, 5) is 16.5. The molecule has 1 heterocycles. The Bertz CT molecular complexity index is 960. The molecule has 0 radical (unpaired) electrons. The summed E-state index contributed by atoms with van der Waals surface area (Å²) in [6.07, 6.45) is 1.68. The number of hydrogen-bond donors (Lipinski definition) is 1. The van der Waals surface area contributed by atoms with E-state index < -0.39 is 9.84 Å². The van der Waals surface area contributed by atoms with Crippen molar-refractivity contribution < 1.29 is 17.6 Å². The molecule has 3 rings (SSSR count). The lowest BCUT2D eigenvalue weighted by atomic mass is 10.2. The first-order valence-electron chi connectivity index (χ1n) is 7.36. The lowest BCUT2D eigenvalue weighted by Gasteiger charge is -2.06. The van der Waals surface area contributed by atoms with E-state index in [1.54, 1.807) is 12.1 Å². The number of carbonyl (C=O) groups excluding carboxylic acids is 1. The molecular formula is C17H16N2O4S. The summed E-state index contributed by atoms with van der Waals surface area (Å²) in [5.41, 5.74) is 1.89. The number of amides is 1. The van der Waals surface area contributed by atoms with Gasteiger partial charge < -0.3 is 9.73 Å². The van der Waals surface area contributed by atoms with E-state index in [-0.39, 0.29) is 17.2 Å². The molecule has 2 aromatic carbocycles. The third kappa shape index (κ3) is 3.80. The fourth-order valence-electron chi connectivity index (χ4n) is 2.28. The number of hydrogen-bond acceptors (Lipinski definition) is 5. The standard InChI is InChI=1S/C17H16N2O4S/c1-24(21,22)13-6-4-5-12(11-13)18-16(20)9-10-17-19-14-7-2-3-8-15(14)23-17/h2-8,11H,9-10H2,1H3,(H,18,20). The van der Waals surface area contributed by atoms with Gasteiger partial charge in [-0.3, -0.25) is 4.79 Å². The van der Waals surface area contributed by atoms with Crippen LogP contribution in [0, 0.1) is 0 Å². The summed E-state index contributed by atoms with van der Waals surface area (Å²) in [6, 6.07) is 13.6. The summed E-state index contributed by atoms with van der Waals surface area (Å²) in [7, 11) is -3.31. The quantitative estimate of drug-likeness (QED) is 0.769. The lowest BCUT2D eigenvalue weighted by Crippen LogP contribution is -2.12. The first-order chi connectivity index (χ1) is 11.4. The van der Waals surface area contributed by atoms with E-state index in [4.69, 9.17) is 4.42 Å². The molecule has 0 bridgehead atoms. The largest absolute Gasteiger partial charge is 0.441 e. The van der Waals surface area contributed by atoms with E-state index in [9.17, 15) is 13.2 Å². The van der Waals surface area contributed by atoms with Crippen molar-refractivity contribution in [1.29, 1.82) is 0 Å². The van der Waals surface area contributed by atoms with Crippen molar-refractivity contribution in [3.63, 3.8) is 0 Å². The first-order valence-corrected chi connectivity index (χ1v) is 9.25. The second kappa shape index (κ2) is 6.45. The number of nitrogens with one attached hydrogen (secondary N) is 1. The predicted molar refractivity (Wildman–Crippen MR) is 90.5 cm³/mol. The van der Waals surface area contributed by atoms with E-state index in [1.807, 2.05) is 24.3 Å². The highest BCUT2D eigenvalue weighted by molar-refractivity contribution is 7.90. The number of fused-ring (bicyclic) bond motifs is 1. The van der Waals surface area contributed by atoms with Gasteiger partial charge in [0, 0.05) is 24.8 Å². The molecule has 124 valence electrons. The molecule has 0 spiro atoms. The maximum absolute atomic E-state index is 12.0. The topological polar surface area (TPSA) is 89.3 Å². The van der Waals surface area contributed by atoms with Gasteiger partial charge in [0.05, 0.1) is 4.90 Å². The molecule has 3 aromatic rings. The second-order valence-electron chi connectivity index (χ2n) is 5.42. The van der Waals surface area contributed by atoms with Crippen LogP contribution in [0.25, 0.3) is 11.1 Å². The average molecular weight is 344 g/mol. The Morgan fingerprint density at radius 2 is 1.96 bits per heavy atom. The van der Waals surface area contributed by atoms with Crippen molar-refractivity contribution in [2.24, 2.45) is 0 Å². The van der Waals surface area contributed by atoms with Crippen LogP contribution in [-0.2, 0) is 21.1 Å². The predicted octanol–water partition coefficient (Wildman–Crippen LogP) is 2.80. The summed E-state index contributed by atoms with van der Waals surface area (Å²) in [5.74, 6) is 0.263. The number of sulfone groups is 1. The second-order valence-corrected chi connectivity index (χ2v) is 7.44. The fourth-order valence-corrected chi connectivity index (χ4v) is 2.94. The van der Waals surface area contributed by atoms with E-state index in [2.05, 4.69) is 10.3 Å². The zero-order valence-corrected chi connectivity index (χ0v) is 13.8. The third-order valence-corrected chi connectivity index (χ3v) is 4.56. The average Bonchev–Trinajstić information content (AvgIpc) is 2.95. The number of nitrogens with zero attached hydrogens (tertiary/aromatic N) is 1. The van der Waals surface area contributed by atoms with Gasteiger partial charge >= 0.3 is 0 Å². The maximum atomic E-state index is 12.0. The van der Waals surface area contributed by atoms with Gasteiger partial charge in [-0.05, 0) is 30.3 Å². The van der Waals surface area contributed by atoms with Gasteiger partial charge in [0.25, 0.3) is 0 Å². The number of anilines is 1. The molecule has 0 fully saturated rings. The molecule has 0 aliphatic heterocycles. The Labute approximate surface area is 139 Å². The number of aryl methyl sites for hydroxylation is 1. The van der Waals surface area contributed by atoms with Gasteiger partial charge in [0.1, 0.15) is 5.52 Å². The molecule has 0 aliphatic rings. The molecule has 0 atom stereocenters. The van der Waals surface area contributed by atoms with Crippen LogP contribution in [-0.4, -0.2) is 25.6 Å². The zero-order valence-electron chi connectivity index (χ0n) is 13.0. The zero-order chi connectivity index (χ0) is 17.2. The van der Waals surface area contributed by atoms with Crippen LogP contribution in [0.3, 0.4) is 0 Å². The molecule has 24 heavy (non-hydrogen) atoms. The Hall–Kier alpha value is -2.67. The van der Waals surface area contributed by atoms with Gasteiger partial charge in [0.2, 0.25) is 5.91 Å². The van der Waals surface area contributed by atoms with Crippen molar-refractivity contribution in [3.8, 4) is 0 Å². The number of para-hydroxylation sites is 2. The highest BCUT2D eigenvalue weighted by Gasteiger charge is 2.11. The molecule has 1 aromatic heterocycles. The molecular weight excluding hydrogens is 328 g/mol. The van der Waals surface area contributed by atoms with Crippen LogP contribution in [0.15, 0.2) is 57.8 Å². The van der Waals surface area contributed by atoms with Gasteiger partial charge in [-0.2, -0.15) is 0 Å². The molecule has 1 amide bonds. The van der Waals surface area contributed by atoms with Crippen molar-refractivity contribution in [1.82, 2.24) is 4.98 Å². The third-order valence-electron chi connectivity index (χ3n) is 3.45. The van der Waals surface area contributed by atoms with Crippen LogP contribution in [0.4, 0.5) is 5.69 Å². The summed E-state index contributed by atoms with van der Waals surface area (Å²) < 4.78 is 28.6. The Balaban J connectivity index is 1.63. The smallest absolute Gasteiger partial charge is 0.224 e. The normalized spacial score (nSPS) is 11.5. The van der Waals surface area contributed by atoms with Crippen LogP contribution in [0.5, 0.6) is 0 Å². The number of oxazole rings is 1. The summed E-state index contributed by atoms with van der Waals surface area (Å²) in [5, 5.41) is 2.69. The van der Waals surface area contributed by atoms with Gasteiger partial charge in [-0.1, -0.05) is 18.2 Å². The van der Waals surface area contributed by atoms with Gasteiger partial charge in [0.15, 0.2) is 21.3 Å². The van der Waals surface area contributed by atoms with Crippen molar-refractivity contribution >= 4 is 32.5 Å². The Morgan fingerprint density at radius 3 is 2.71 bits per heavy atom. The lowest BCUT2D eigenvalue weighted by molar-refractivity contribution is -0.116. The molecule has 1 N–H and O–H groups in total. The first kappa shape index (κ1) is 16.2.